The summed E-state index contributed by atoms with van der Waals surface area (Å²) >= 11 is 0. The molecule has 0 saturated heterocycles. The van der Waals surface area contributed by atoms with Crippen molar-refractivity contribution in [1.82, 2.24) is 0 Å². The van der Waals surface area contributed by atoms with Crippen molar-refractivity contribution >= 4 is 11.0 Å². The summed E-state index contributed by atoms with van der Waals surface area (Å²) < 4.78 is 5.34. The van der Waals surface area contributed by atoms with Gasteiger partial charge in [-0.25, -0.2) is 4.79 Å². The highest BCUT2D eigenvalue weighted by atomic mass is 16.4. The maximum Gasteiger partial charge on any atom is 0.336 e. The number of aliphatic hydroxyl groups is 1. The highest BCUT2D eigenvalue weighted by Gasteiger charge is 2.12. The van der Waals surface area contributed by atoms with Gasteiger partial charge in [0.05, 0.1) is 6.54 Å². The van der Waals surface area contributed by atoms with Crippen LogP contribution < -0.4 is 10.9 Å². The minimum Gasteiger partial charge on any atom is -0.423 e. The van der Waals surface area contributed by atoms with Gasteiger partial charge in [-0.1, -0.05) is 13.8 Å². The van der Waals surface area contributed by atoms with E-state index < -0.39 is 0 Å². The van der Waals surface area contributed by atoms with Crippen LogP contribution in [0.4, 0.5) is 0 Å². The maximum absolute atomic E-state index is 11.7. The molecule has 0 unspecified atom stereocenters. The number of aryl methyl sites for hydroxylation is 1. The van der Waals surface area contributed by atoms with E-state index in [2.05, 4.69) is 32.2 Å². The molecule has 0 radical (unpaired) electrons. The second-order valence-corrected chi connectivity index (χ2v) is 5.81. The topological polar surface area (TPSA) is 67.0 Å². The first-order valence-corrected chi connectivity index (χ1v) is 7.52. The lowest BCUT2D eigenvalue weighted by Crippen LogP contribution is -2.82. The number of hydrogen-bond acceptors (Lipinski definition) is 3. The van der Waals surface area contributed by atoms with E-state index in [1.165, 1.54) is 5.56 Å². The summed E-state index contributed by atoms with van der Waals surface area (Å²) in [6, 6.07) is 5.69. The Morgan fingerprint density at radius 3 is 2.71 bits per heavy atom. The molecule has 1 aromatic carbocycles. The lowest BCUT2D eigenvalue weighted by Gasteiger charge is -2.12. The molecule has 0 aliphatic rings. The molecule has 0 fully saturated rings. The first-order valence-electron chi connectivity index (χ1n) is 7.52. The average molecular weight is 290 g/mol. The third-order valence-corrected chi connectivity index (χ3v) is 3.77. The molecule has 0 atom stereocenters. The molecule has 0 saturated carbocycles. The fraction of sp³-hybridized carbons (Fsp3) is 0.471. The number of hydrogen-bond donors (Lipinski definition) is 2. The molecule has 4 nitrogen and oxygen atoms in total. The summed E-state index contributed by atoms with van der Waals surface area (Å²) in [5.74, 6) is 0.438. The molecule has 0 bridgehead atoms. The van der Waals surface area contributed by atoms with Crippen molar-refractivity contribution in [2.24, 2.45) is 0 Å². The van der Waals surface area contributed by atoms with Gasteiger partial charge in [0.25, 0.3) is 0 Å². The number of quaternary nitrogens is 1. The molecule has 4 heteroatoms. The zero-order chi connectivity index (χ0) is 15.4. The Kier molecular flexibility index (Phi) is 5.15. The predicted molar refractivity (Wildman–Crippen MR) is 83.5 cm³/mol. The maximum atomic E-state index is 11.7. The Labute approximate surface area is 124 Å². The van der Waals surface area contributed by atoms with E-state index >= 15 is 0 Å². The second kappa shape index (κ2) is 6.87. The molecule has 3 N–H and O–H groups in total. The fourth-order valence-electron chi connectivity index (χ4n) is 2.68. The lowest BCUT2D eigenvalue weighted by molar-refractivity contribution is -0.670. The standard InChI is InChI=1S/C17H23NO3/c1-11(2)14-9-15-13(10-18-5-4-6-19)8-17(20)21-16(15)7-12(14)3/h7-9,11,18-19H,4-6,10H2,1-3H3/p+1. The SMILES string of the molecule is Cc1cc2oc(=O)cc(C[NH2+]CCCO)c2cc1C(C)C. The van der Waals surface area contributed by atoms with Crippen LogP contribution in [-0.4, -0.2) is 18.3 Å². The Morgan fingerprint density at radius 2 is 2.05 bits per heavy atom. The first kappa shape index (κ1) is 15.7. The molecule has 0 spiro atoms. The molecule has 21 heavy (non-hydrogen) atoms. The van der Waals surface area contributed by atoms with Gasteiger partial charge >= 0.3 is 5.63 Å². The second-order valence-electron chi connectivity index (χ2n) is 5.81. The predicted octanol–water partition coefficient (Wildman–Crippen LogP) is 1.67. The highest BCUT2D eigenvalue weighted by molar-refractivity contribution is 5.82. The van der Waals surface area contributed by atoms with Gasteiger partial charge in [0.1, 0.15) is 12.1 Å². The monoisotopic (exact) mass is 290 g/mol. The van der Waals surface area contributed by atoms with Crippen LogP contribution in [0.5, 0.6) is 0 Å². The van der Waals surface area contributed by atoms with Gasteiger partial charge in [0.2, 0.25) is 0 Å². The summed E-state index contributed by atoms with van der Waals surface area (Å²) in [6.45, 7) is 8.16. The average Bonchev–Trinajstić information content (AvgIpc) is 2.42. The highest BCUT2D eigenvalue weighted by Crippen LogP contribution is 2.26. The van der Waals surface area contributed by atoms with Crippen LogP contribution in [0.2, 0.25) is 0 Å². The summed E-state index contributed by atoms with van der Waals surface area (Å²) in [5, 5.41) is 12.0. The van der Waals surface area contributed by atoms with Crippen LogP contribution in [-0.2, 0) is 6.54 Å². The van der Waals surface area contributed by atoms with E-state index in [0.717, 1.165) is 36.0 Å². The Bertz CT molecular complexity index is 674. The van der Waals surface area contributed by atoms with Crippen molar-refractivity contribution in [2.75, 3.05) is 13.2 Å². The van der Waals surface area contributed by atoms with E-state index in [4.69, 9.17) is 9.52 Å². The molecule has 2 aromatic rings. The number of aliphatic hydroxyl groups excluding tert-OH is 1. The quantitative estimate of drug-likeness (QED) is 0.628. The molecular weight excluding hydrogens is 266 g/mol. The van der Waals surface area contributed by atoms with E-state index in [9.17, 15) is 4.79 Å². The van der Waals surface area contributed by atoms with Gasteiger partial charge in [-0.15, -0.1) is 0 Å². The zero-order valence-electron chi connectivity index (χ0n) is 13.0. The Hall–Kier alpha value is -1.65. The first-order chi connectivity index (χ1) is 10.0. The van der Waals surface area contributed by atoms with Gasteiger partial charge in [-0.05, 0) is 36.1 Å². The van der Waals surface area contributed by atoms with E-state index in [1.54, 1.807) is 6.07 Å². The fourth-order valence-corrected chi connectivity index (χ4v) is 2.68. The van der Waals surface area contributed by atoms with Gasteiger partial charge in [-0.3, -0.25) is 0 Å². The molecule has 1 aromatic heterocycles. The van der Waals surface area contributed by atoms with E-state index in [0.29, 0.717) is 11.5 Å². The third-order valence-electron chi connectivity index (χ3n) is 3.77. The molecule has 0 aliphatic heterocycles. The van der Waals surface area contributed by atoms with Crippen LogP contribution in [0.15, 0.2) is 27.4 Å². The van der Waals surface area contributed by atoms with Crippen molar-refractivity contribution in [1.29, 1.82) is 0 Å². The number of benzene rings is 1. The molecule has 114 valence electrons. The Balaban J connectivity index is 2.43. The number of rotatable bonds is 6. The third kappa shape index (κ3) is 3.71. The number of fused-ring (bicyclic) bond motifs is 1. The van der Waals surface area contributed by atoms with Crippen LogP contribution in [0.3, 0.4) is 0 Å². The largest absolute Gasteiger partial charge is 0.423 e. The van der Waals surface area contributed by atoms with Crippen LogP contribution in [0, 0.1) is 6.92 Å². The van der Waals surface area contributed by atoms with Crippen molar-refractivity contribution in [3.05, 3.63) is 45.3 Å². The lowest BCUT2D eigenvalue weighted by atomic mass is 9.95. The normalized spacial score (nSPS) is 11.5. The molecular formula is C17H24NO3+. The minimum atomic E-state index is -0.301. The van der Waals surface area contributed by atoms with Gasteiger partial charge in [0, 0.05) is 30.0 Å². The molecule has 2 rings (SSSR count). The van der Waals surface area contributed by atoms with Crippen LogP contribution in [0.1, 0.15) is 42.9 Å². The molecule has 1 heterocycles. The van der Waals surface area contributed by atoms with Crippen molar-refractivity contribution in [3.8, 4) is 0 Å². The van der Waals surface area contributed by atoms with Gasteiger partial charge < -0.3 is 14.8 Å². The van der Waals surface area contributed by atoms with E-state index in [-0.39, 0.29) is 12.2 Å². The van der Waals surface area contributed by atoms with Crippen molar-refractivity contribution in [3.63, 3.8) is 0 Å². The summed E-state index contributed by atoms with van der Waals surface area (Å²) in [7, 11) is 0. The summed E-state index contributed by atoms with van der Waals surface area (Å²) in [6.07, 6.45) is 0.760. The van der Waals surface area contributed by atoms with E-state index in [1.807, 2.05) is 6.07 Å². The number of nitrogens with two attached hydrogens (primary N) is 1. The molecule has 0 amide bonds. The van der Waals surface area contributed by atoms with Gasteiger partial charge in [-0.2, -0.15) is 0 Å². The van der Waals surface area contributed by atoms with Crippen molar-refractivity contribution in [2.45, 2.75) is 39.7 Å². The van der Waals surface area contributed by atoms with Crippen LogP contribution >= 0.6 is 0 Å². The smallest absolute Gasteiger partial charge is 0.336 e. The zero-order valence-corrected chi connectivity index (χ0v) is 13.0. The van der Waals surface area contributed by atoms with Gasteiger partial charge in [0.15, 0.2) is 0 Å². The summed E-state index contributed by atoms with van der Waals surface area (Å²) in [5.41, 5.74) is 3.80. The Morgan fingerprint density at radius 1 is 1.29 bits per heavy atom. The van der Waals surface area contributed by atoms with Crippen LogP contribution in [0.25, 0.3) is 11.0 Å². The molecule has 0 aliphatic carbocycles. The van der Waals surface area contributed by atoms with Crippen molar-refractivity contribution < 1.29 is 14.8 Å². The minimum absolute atomic E-state index is 0.199. The summed E-state index contributed by atoms with van der Waals surface area (Å²) in [4.78, 5) is 11.7.